The molecule has 0 aromatic heterocycles. The van der Waals surface area contributed by atoms with Gasteiger partial charge in [0.25, 0.3) is 0 Å². The molecular weight excluding hydrogens is 352 g/mol. The van der Waals surface area contributed by atoms with Gasteiger partial charge in [-0.25, -0.2) is 9.59 Å². The molecule has 0 radical (unpaired) electrons. The Hall–Kier alpha value is -2.62. The number of benzene rings is 2. The van der Waals surface area contributed by atoms with Gasteiger partial charge in [-0.05, 0) is 57.4 Å². The molecule has 0 bridgehead atoms. The Morgan fingerprint density at radius 1 is 0.786 bits per heavy atom. The molecule has 0 saturated carbocycles. The van der Waals surface area contributed by atoms with Gasteiger partial charge in [0.1, 0.15) is 0 Å². The van der Waals surface area contributed by atoms with E-state index in [-0.39, 0.29) is 31.1 Å². The zero-order valence-electron chi connectivity index (χ0n) is 17.5. The first kappa shape index (κ1) is 21.7. The third-order valence-electron chi connectivity index (χ3n) is 4.80. The second-order valence-corrected chi connectivity index (χ2v) is 7.49. The smallest absolute Gasteiger partial charge is 0.338 e. The van der Waals surface area contributed by atoms with Crippen LogP contribution >= 0.6 is 0 Å². The summed E-state index contributed by atoms with van der Waals surface area (Å²) in [7, 11) is 0. The highest BCUT2D eigenvalue weighted by molar-refractivity contribution is 5.91. The molecule has 0 spiro atoms. The van der Waals surface area contributed by atoms with E-state index in [1.54, 1.807) is 12.1 Å². The Kier molecular flexibility index (Phi) is 7.80. The molecular formula is C24H30O4. The van der Waals surface area contributed by atoms with Crippen molar-refractivity contribution in [2.45, 2.75) is 47.5 Å². The van der Waals surface area contributed by atoms with Crippen LogP contribution in [0.2, 0.25) is 0 Å². The molecule has 0 atom stereocenters. The highest BCUT2D eigenvalue weighted by atomic mass is 16.5. The van der Waals surface area contributed by atoms with Gasteiger partial charge in [-0.2, -0.15) is 0 Å². The van der Waals surface area contributed by atoms with Crippen LogP contribution in [0.3, 0.4) is 0 Å². The van der Waals surface area contributed by atoms with Crippen molar-refractivity contribution in [3.63, 3.8) is 0 Å². The lowest BCUT2D eigenvalue weighted by Gasteiger charge is -2.17. The van der Waals surface area contributed by atoms with E-state index >= 15 is 0 Å². The average Bonchev–Trinajstić information content (AvgIpc) is 2.63. The molecule has 0 fully saturated rings. The Morgan fingerprint density at radius 3 is 1.57 bits per heavy atom. The van der Waals surface area contributed by atoms with Crippen LogP contribution in [0.5, 0.6) is 0 Å². The first-order valence-electron chi connectivity index (χ1n) is 9.80. The second kappa shape index (κ2) is 10.1. The number of ether oxygens (including phenoxy) is 2. The number of carbonyl (C=O) groups excluding carboxylic acids is 2. The Labute approximate surface area is 167 Å². The zero-order valence-corrected chi connectivity index (χ0v) is 17.5. The van der Waals surface area contributed by atoms with Gasteiger partial charge in [-0.15, -0.1) is 0 Å². The SMILES string of the molecule is CCCC(COC(=O)c1ccc(C)cc1C)COC(=O)c1ccc(C)cc1C. The first-order chi connectivity index (χ1) is 13.3. The van der Waals surface area contributed by atoms with Crippen molar-refractivity contribution in [2.75, 3.05) is 13.2 Å². The summed E-state index contributed by atoms with van der Waals surface area (Å²) in [4.78, 5) is 24.8. The van der Waals surface area contributed by atoms with Crippen molar-refractivity contribution >= 4 is 11.9 Å². The topological polar surface area (TPSA) is 52.6 Å². The molecule has 2 rings (SSSR count). The van der Waals surface area contributed by atoms with Crippen molar-refractivity contribution in [1.29, 1.82) is 0 Å². The molecule has 4 nitrogen and oxygen atoms in total. The molecule has 2 aromatic rings. The highest BCUT2D eigenvalue weighted by Gasteiger charge is 2.18. The molecule has 0 amide bonds. The van der Waals surface area contributed by atoms with Crippen molar-refractivity contribution < 1.29 is 19.1 Å². The number of carbonyl (C=O) groups is 2. The van der Waals surface area contributed by atoms with E-state index in [0.717, 1.165) is 35.1 Å². The van der Waals surface area contributed by atoms with E-state index < -0.39 is 0 Å². The summed E-state index contributed by atoms with van der Waals surface area (Å²) in [6.45, 7) is 10.3. The lowest BCUT2D eigenvalue weighted by molar-refractivity contribution is 0.0245. The number of hydrogen-bond acceptors (Lipinski definition) is 4. The van der Waals surface area contributed by atoms with Crippen LogP contribution in [0.1, 0.15) is 62.7 Å². The van der Waals surface area contributed by atoms with Crippen LogP contribution in [0.4, 0.5) is 0 Å². The van der Waals surface area contributed by atoms with E-state index in [4.69, 9.17) is 9.47 Å². The molecule has 0 aliphatic heterocycles. The Morgan fingerprint density at radius 2 is 1.21 bits per heavy atom. The van der Waals surface area contributed by atoms with Gasteiger partial charge < -0.3 is 9.47 Å². The van der Waals surface area contributed by atoms with Crippen molar-refractivity contribution in [2.24, 2.45) is 5.92 Å². The summed E-state index contributed by atoms with van der Waals surface area (Å²) < 4.78 is 11.0. The molecule has 0 aliphatic carbocycles. The zero-order chi connectivity index (χ0) is 20.7. The molecule has 0 unspecified atom stereocenters. The minimum absolute atomic E-state index is 0.0191. The third-order valence-corrected chi connectivity index (χ3v) is 4.80. The summed E-state index contributed by atoms with van der Waals surface area (Å²) >= 11 is 0. The van der Waals surface area contributed by atoms with E-state index in [9.17, 15) is 9.59 Å². The van der Waals surface area contributed by atoms with Gasteiger partial charge in [-0.1, -0.05) is 48.7 Å². The maximum atomic E-state index is 12.4. The summed E-state index contributed by atoms with van der Waals surface area (Å²) in [6, 6.07) is 11.3. The fraction of sp³-hybridized carbons (Fsp3) is 0.417. The standard InChI is InChI=1S/C24H30O4/c1-6-7-20(14-27-23(25)21-10-8-16(2)12-18(21)4)15-28-24(26)22-11-9-17(3)13-19(22)5/h8-13,20H,6-7,14-15H2,1-5H3. The van der Waals surface area contributed by atoms with Gasteiger partial charge in [0.2, 0.25) is 0 Å². The molecule has 150 valence electrons. The molecule has 0 N–H and O–H groups in total. The van der Waals surface area contributed by atoms with Crippen molar-refractivity contribution in [1.82, 2.24) is 0 Å². The van der Waals surface area contributed by atoms with Crippen LogP contribution < -0.4 is 0 Å². The van der Waals surface area contributed by atoms with E-state index in [0.29, 0.717) is 11.1 Å². The monoisotopic (exact) mass is 382 g/mol. The van der Waals surface area contributed by atoms with Crippen LogP contribution in [0, 0.1) is 33.6 Å². The summed E-state index contributed by atoms with van der Waals surface area (Å²) in [5.74, 6) is -0.687. The van der Waals surface area contributed by atoms with Gasteiger partial charge in [0, 0.05) is 5.92 Å². The third kappa shape index (κ3) is 5.95. The quantitative estimate of drug-likeness (QED) is 0.578. The molecule has 0 heterocycles. The van der Waals surface area contributed by atoms with Gasteiger partial charge >= 0.3 is 11.9 Å². The van der Waals surface area contributed by atoms with Crippen LogP contribution in [0.25, 0.3) is 0 Å². The minimum atomic E-state index is -0.334. The van der Waals surface area contributed by atoms with E-state index in [1.807, 2.05) is 52.0 Å². The minimum Gasteiger partial charge on any atom is -0.462 e. The van der Waals surface area contributed by atoms with Gasteiger partial charge in [-0.3, -0.25) is 0 Å². The highest BCUT2D eigenvalue weighted by Crippen LogP contribution is 2.16. The lowest BCUT2D eigenvalue weighted by atomic mass is 10.0. The van der Waals surface area contributed by atoms with E-state index in [1.165, 1.54) is 0 Å². The average molecular weight is 383 g/mol. The fourth-order valence-electron chi connectivity index (χ4n) is 3.25. The predicted molar refractivity (Wildman–Crippen MR) is 111 cm³/mol. The molecule has 2 aromatic carbocycles. The van der Waals surface area contributed by atoms with Crippen molar-refractivity contribution in [3.8, 4) is 0 Å². The summed E-state index contributed by atoms with van der Waals surface area (Å²) in [6.07, 6.45) is 1.74. The van der Waals surface area contributed by atoms with Crippen LogP contribution in [0.15, 0.2) is 36.4 Å². The second-order valence-electron chi connectivity index (χ2n) is 7.49. The first-order valence-corrected chi connectivity index (χ1v) is 9.80. The van der Waals surface area contributed by atoms with Gasteiger partial charge in [0.15, 0.2) is 0 Å². The predicted octanol–water partition coefficient (Wildman–Crippen LogP) is 5.35. The number of esters is 2. The number of aryl methyl sites for hydroxylation is 4. The lowest BCUT2D eigenvalue weighted by Crippen LogP contribution is -2.21. The molecule has 0 saturated heterocycles. The molecule has 4 heteroatoms. The number of hydrogen-bond donors (Lipinski definition) is 0. The maximum absolute atomic E-state index is 12.4. The van der Waals surface area contributed by atoms with Crippen LogP contribution in [-0.2, 0) is 9.47 Å². The summed E-state index contributed by atoms with van der Waals surface area (Å²) in [5.41, 5.74) is 5.17. The molecule has 0 aliphatic rings. The summed E-state index contributed by atoms with van der Waals surface area (Å²) in [5, 5.41) is 0. The largest absolute Gasteiger partial charge is 0.462 e. The molecule has 28 heavy (non-hydrogen) atoms. The Balaban J connectivity index is 1.93. The number of rotatable bonds is 8. The van der Waals surface area contributed by atoms with E-state index in [2.05, 4.69) is 6.92 Å². The van der Waals surface area contributed by atoms with Crippen molar-refractivity contribution in [3.05, 3.63) is 69.8 Å². The Bertz CT molecular complexity index is 771. The van der Waals surface area contributed by atoms with Gasteiger partial charge in [0.05, 0.1) is 24.3 Å². The normalized spacial score (nSPS) is 10.8. The fourth-order valence-corrected chi connectivity index (χ4v) is 3.25. The maximum Gasteiger partial charge on any atom is 0.338 e. The van der Waals surface area contributed by atoms with Crippen LogP contribution in [-0.4, -0.2) is 25.2 Å².